The van der Waals surface area contributed by atoms with Gasteiger partial charge in [-0.3, -0.25) is 0 Å². The highest BCUT2D eigenvalue weighted by molar-refractivity contribution is 7.71. The average molecular weight is 354 g/mol. The second-order valence-electron chi connectivity index (χ2n) is 5.81. The van der Waals surface area contributed by atoms with Gasteiger partial charge in [-0.25, -0.2) is 4.68 Å². The van der Waals surface area contributed by atoms with Gasteiger partial charge in [0.25, 0.3) is 4.84 Å². The van der Waals surface area contributed by atoms with E-state index in [0.29, 0.717) is 24.0 Å². The number of aromatic nitrogens is 2. The molecule has 0 aliphatic carbocycles. The average Bonchev–Trinajstić information content (AvgIpc) is 3.01. The van der Waals surface area contributed by atoms with Crippen LogP contribution in [0.3, 0.4) is 0 Å². The van der Waals surface area contributed by atoms with E-state index < -0.39 is 0 Å². The summed E-state index contributed by atoms with van der Waals surface area (Å²) in [4.78, 5) is 0.327. The van der Waals surface area contributed by atoms with Crippen molar-refractivity contribution in [3.63, 3.8) is 0 Å². The van der Waals surface area contributed by atoms with Gasteiger partial charge in [0.05, 0.1) is 5.69 Å². The number of rotatable bonds is 4. The molecule has 0 amide bonds. The van der Waals surface area contributed by atoms with E-state index in [1.807, 2.05) is 36.4 Å². The lowest BCUT2D eigenvalue weighted by molar-refractivity contribution is 0.323. The van der Waals surface area contributed by atoms with Crippen molar-refractivity contribution in [1.29, 1.82) is 0 Å². The maximum Gasteiger partial charge on any atom is 0.289 e. The largest absolute Gasteiger partial charge is 0.490 e. The van der Waals surface area contributed by atoms with Crippen LogP contribution in [0.5, 0.6) is 5.75 Å². The third-order valence-corrected chi connectivity index (χ3v) is 4.37. The minimum Gasteiger partial charge on any atom is -0.490 e. The summed E-state index contributed by atoms with van der Waals surface area (Å²) in [6.07, 6.45) is 0. The van der Waals surface area contributed by atoms with E-state index in [9.17, 15) is 0 Å². The van der Waals surface area contributed by atoms with E-state index in [0.717, 1.165) is 34.8 Å². The van der Waals surface area contributed by atoms with Crippen LogP contribution >= 0.6 is 12.2 Å². The molecule has 0 atom stereocenters. The maximum atomic E-state index is 5.66. The van der Waals surface area contributed by atoms with Crippen molar-refractivity contribution in [1.82, 2.24) is 9.78 Å². The molecule has 1 aliphatic rings. The number of nitrogens with one attached hydrogen (secondary N) is 2. The molecule has 0 radical (unpaired) electrons. The summed E-state index contributed by atoms with van der Waals surface area (Å²) in [5.74, 6) is 1.28. The molecule has 0 fully saturated rings. The molecule has 6 nitrogen and oxygen atoms in total. The molecule has 0 saturated carbocycles. The van der Waals surface area contributed by atoms with E-state index >= 15 is 0 Å². The van der Waals surface area contributed by atoms with Gasteiger partial charge in [0.1, 0.15) is 19.0 Å². The van der Waals surface area contributed by atoms with Crippen molar-refractivity contribution in [2.45, 2.75) is 13.6 Å². The number of hydrogen-bond donors (Lipinski definition) is 2. The Kier molecular flexibility index (Phi) is 4.15. The van der Waals surface area contributed by atoms with E-state index in [-0.39, 0.29) is 0 Å². The summed E-state index contributed by atoms with van der Waals surface area (Å²) in [6.45, 7) is 3.95. The van der Waals surface area contributed by atoms with Crippen LogP contribution < -0.4 is 15.4 Å². The molecule has 0 unspecified atom stereocenters. The molecule has 2 aromatic carbocycles. The number of hydrogen-bond acceptors (Lipinski definition) is 6. The highest BCUT2D eigenvalue weighted by Gasteiger charge is 2.14. The Balaban J connectivity index is 1.56. The van der Waals surface area contributed by atoms with Crippen LogP contribution in [0.4, 0.5) is 11.4 Å². The highest BCUT2D eigenvalue weighted by atomic mass is 32.1. The number of benzene rings is 2. The fourth-order valence-electron chi connectivity index (χ4n) is 2.72. The minimum atomic E-state index is 0.327. The van der Waals surface area contributed by atoms with Gasteiger partial charge in [-0.2, -0.15) is 0 Å². The fraction of sp³-hybridized carbons (Fsp3) is 0.222. The standard InChI is InChI=1S/C18H18N4O2S/c1-12-4-2-3-5-14(12)20-11-22-18(25)24-17(21-22)13-6-7-15-16(10-13)23-9-8-19-15/h2-7,10,19-20H,8-9,11H2,1H3. The number of fused-ring (bicyclic) bond motifs is 1. The van der Waals surface area contributed by atoms with Crippen molar-refractivity contribution in [2.75, 3.05) is 23.8 Å². The summed E-state index contributed by atoms with van der Waals surface area (Å²) in [5.41, 5.74) is 4.02. The SMILES string of the molecule is Cc1ccccc1NCn1nc(-c2ccc3c(c2)OCCN3)oc1=S. The van der Waals surface area contributed by atoms with Crippen molar-refractivity contribution < 1.29 is 9.15 Å². The summed E-state index contributed by atoms with van der Waals surface area (Å²) in [7, 11) is 0. The van der Waals surface area contributed by atoms with Crippen LogP contribution in [-0.4, -0.2) is 22.9 Å². The second kappa shape index (κ2) is 6.60. The van der Waals surface area contributed by atoms with Crippen LogP contribution in [-0.2, 0) is 6.67 Å². The monoisotopic (exact) mass is 354 g/mol. The zero-order valence-electron chi connectivity index (χ0n) is 13.8. The van der Waals surface area contributed by atoms with Gasteiger partial charge in [0.15, 0.2) is 0 Å². The van der Waals surface area contributed by atoms with E-state index in [4.69, 9.17) is 21.4 Å². The fourth-order valence-corrected chi connectivity index (χ4v) is 2.91. The molecule has 1 aromatic heterocycles. The lowest BCUT2D eigenvalue weighted by Gasteiger charge is -2.19. The molecule has 25 heavy (non-hydrogen) atoms. The van der Waals surface area contributed by atoms with Gasteiger partial charge in [0, 0.05) is 17.8 Å². The molecule has 4 rings (SSSR count). The van der Waals surface area contributed by atoms with Crippen LogP contribution in [0.1, 0.15) is 5.56 Å². The first-order valence-corrected chi connectivity index (χ1v) is 8.50. The summed E-state index contributed by atoms with van der Waals surface area (Å²) in [5, 5.41) is 11.1. The third-order valence-electron chi connectivity index (χ3n) is 4.07. The van der Waals surface area contributed by atoms with Gasteiger partial charge in [0.2, 0.25) is 5.89 Å². The van der Waals surface area contributed by atoms with Crippen LogP contribution in [0, 0.1) is 11.8 Å². The molecule has 0 bridgehead atoms. The van der Waals surface area contributed by atoms with Gasteiger partial charge in [-0.15, -0.1) is 5.10 Å². The summed E-state index contributed by atoms with van der Waals surface area (Å²) >= 11 is 5.29. The first-order valence-electron chi connectivity index (χ1n) is 8.09. The van der Waals surface area contributed by atoms with Crippen molar-refractivity contribution in [2.24, 2.45) is 0 Å². The normalized spacial score (nSPS) is 12.8. The molecule has 7 heteroatoms. The molecule has 3 aromatic rings. The van der Waals surface area contributed by atoms with Crippen molar-refractivity contribution in [3.05, 3.63) is 52.9 Å². The van der Waals surface area contributed by atoms with Crippen molar-refractivity contribution in [3.8, 4) is 17.2 Å². The Morgan fingerprint density at radius 3 is 3.04 bits per heavy atom. The molecule has 2 heterocycles. The Morgan fingerprint density at radius 2 is 2.16 bits per heavy atom. The molecule has 128 valence electrons. The topological polar surface area (TPSA) is 64.2 Å². The summed E-state index contributed by atoms with van der Waals surface area (Å²) in [6, 6.07) is 13.9. The number of nitrogens with zero attached hydrogens (tertiary/aromatic N) is 2. The lowest BCUT2D eigenvalue weighted by Crippen LogP contribution is -2.17. The number of para-hydroxylation sites is 1. The molecule has 1 aliphatic heterocycles. The predicted molar refractivity (Wildman–Crippen MR) is 99.5 cm³/mol. The van der Waals surface area contributed by atoms with E-state index in [1.165, 1.54) is 0 Å². The Morgan fingerprint density at radius 1 is 1.28 bits per heavy atom. The first kappa shape index (κ1) is 15.7. The molecule has 0 saturated heterocycles. The Bertz CT molecular complexity index is 964. The van der Waals surface area contributed by atoms with Crippen molar-refractivity contribution >= 4 is 23.6 Å². The Labute approximate surface area is 150 Å². The van der Waals surface area contributed by atoms with Gasteiger partial charge >= 0.3 is 0 Å². The minimum absolute atomic E-state index is 0.327. The first-order chi connectivity index (χ1) is 12.2. The zero-order valence-corrected chi connectivity index (χ0v) is 14.6. The van der Waals surface area contributed by atoms with Crippen LogP contribution in [0.15, 0.2) is 46.9 Å². The van der Waals surface area contributed by atoms with E-state index in [1.54, 1.807) is 4.68 Å². The van der Waals surface area contributed by atoms with Gasteiger partial charge < -0.3 is 19.8 Å². The number of aryl methyl sites for hydroxylation is 1. The predicted octanol–water partition coefficient (Wildman–Crippen LogP) is 4.05. The van der Waals surface area contributed by atoms with Crippen LogP contribution in [0.25, 0.3) is 11.5 Å². The number of anilines is 2. The van der Waals surface area contributed by atoms with Crippen LogP contribution in [0.2, 0.25) is 0 Å². The quantitative estimate of drug-likeness (QED) is 0.689. The molecule has 0 spiro atoms. The van der Waals surface area contributed by atoms with Gasteiger partial charge in [-0.05, 0) is 49.0 Å². The summed E-state index contributed by atoms with van der Waals surface area (Å²) < 4.78 is 13.0. The smallest absolute Gasteiger partial charge is 0.289 e. The third kappa shape index (κ3) is 3.23. The number of ether oxygens (including phenoxy) is 1. The molecular formula is C18H18N4O2S. The Hall–Kier alpha value is -2.80. The molecule has 2 N–H and O–H groups in total. The lowest BCUT2D eigenvalue weighted by atomic mass is 10.1. The zero-order chi connectivity index (χ0) is 17.2. The van der Waals surface area contributed by atoms with E-state index in [2.05, 4.69) is 28.7 Å². The van der Waals surface area contributed by atoms with Gasteiger partial charge in [-0.1, -0.05) is 18.2 Å². The highest BCUT2D eigenvalue weighted by Crippen LogP contribution is 2.32. The maximum absolute atomic E-state index is 5.66. The molecular weight excluding hydrogens is 336 g/mol. The second-order valence-corrected chi connectivity index (χ2v) is 6.16.